The summed E-state index contributed by atoms with van der Waals surface area (Å²) in [6, 6.07) is 0.981. The van der Waals surface area contributed by atoms with Gasteiger partial charge in [0.25, 0.3) is 11.1 Å². The molecule has 3 fully saturated rings. The molecule has 10 nitrogen and oxygen atoms in total. The number of ether oxygens (including phenoxy) is 2. The molecular formula is C20H31N2O8P. The number of fused-ring (bicyclic) bond motifs is 1. The van der Waals surface area contributed by atoms with Crippen molar-refractivity contribution in [1.82, 2.24) is 9.55 Å². The zero-order valence-corrected chi connectivity index (χ0v) is 19.4. The van der Waals surface area contributed by atoms with Crippen LogP contribution in [0.1, 0.15) is 66.3 Å². The van der Waals surface area contributed by atoms with Crippen LogP contribution < -0.4 is 11.2 Å². The lowest BCUT2D eigenvalue weighted by molar-refractivity contribution is -0.162. The van der Waals surface area contributed by atoms with Crippen LogP contribution in [0.2, 0.25) is 0 Å². The van der Waals surface area contributed by atoms with Gasteiger partial charge in [0.05, 0.1) is 17.7 Å². The van der Waals surface area contributed by atoms with Crippen molar-refractivity contribution in [1.29, 1.82) is 0 Å². The van der Waals surface area contributed by atoms with Crippen LogP contribution in [-0.2, 0) is 23.1 Å². The molecule has 2 aliphatic heterocycles. The second kappa shape index (κ2) is 7.37. The van der Waals surface area contributed by atoms with E-state index in [-0.39, 0.29) is 30.6 Å². The summed E-state index contributed by atoms with van der Waals surface area (Å²) in [5.74, 6) is -0.891. The van der Waals surface area contributed by atoms with Crippen LogP contribution in [-0.4, -0.2) is 43.8 Å². The second-order valence-electron chi connectivity index (χ2n) is 9.43. The highest BCUT2D eigenvalue weighted by molar-refractivity contribution is 7.61. The van der Waals surface area contributed by atoms with Crippen molar-refractivity contribution >= 4 is 7.60 Å². The fraction of sp³-hybridized carbons (Fsp3) is 0.800. The summed E-state index contributed by atoms with van der Waals surface area (Å²) in [5.41, 5.74) is -3.49. The van der Waals surface area contributed by atoms with E-state index in [1.165, 1.54) is 16.8 Å². The fourth-order valence-corrected chi connectivity index (χ4v) is 6.85. The Labute approximate surface area is 180 Å². The van der Waals surface area contributed by atoms with E-state index in [9.17, 15) is 19.3 Å². The zero-order valence-electron chi connectivity index (χ0n) is 18.5. The standard InChI is InChI=1S/C20H31N2O8P/c1-6-19(5,29-31(26)20(25,7-2)30-31)11-12-10-13(16-15(12)27-18(3,4)28-16)22-9-8-14(23)21-17(22)24/h8-9,12-13,15-16,25H,6-7,10-11H2,1-5H3,(H,21,23,24). The molecule has 7 atom stereocenters. The molecule has 2 N–H and O–H groups in total. The predicted octanol–water partition coefficient (Wildman–Crippen LogP) is 2.47. The van der Waals surface area contributed by atoms with E-state index in [0.717, 1.165) is 0 Å². The Hall–Kier alpha value is -1.29. The zero-order chi connectivity index (χ0) is 22.8. The van der Waals surface area contributed by atoms with Gasteiger partial charge < -0.3 is 14.6 Å². The van der Waals surface area contributed by atoms with Crippen molar-refractivity contribution in [2.24, 2.45) is 5.92 Å². The lowest BCUT2D eigenvalue weighted by atomic mass is 9.87. The van der Waals surface area contributed by atoms with Gasteiger partial charge in [-0.1, -0.05) is 13.8 Å². The molecule has 1 aromatic rings. The van der Waals surface area contributed by atoms with E-state index in [0.29, 0.717) is 19.3 Å². The smallest absolute Gasteiger partial charge is 0.356 e. The van der Waals surface area contributed by atoms with Crippen molar-refractivity contribution in [3.63, 3.8) is 0 Å². The number of H-pyrrole nitrogens is 1. The Morgan fingerprint density at radius 2 is 2.00 bits per heavy atom. The van der Waals surface area contributed by atoms with E-state index < -0.39 is 35.8 Å². The van der Waals surface area contributed by atoms with Crippen molar-refractivity contribution in [2.75, 3.05) is 0 Å². The highest BCUT2D eigenvalue weighted by atomic mass is 31.2. The van der Waals surface area contributed by atoms with Gasteiger partial charge in [-0.2, -0.15) is 0 Å². The van der Waals surface area contributed by atoms with E-state index in [1.807, 2.05) is 27.7 Å². The molecular weight excluding hydrogens is 427 g/mol. The molecule has 7 unspecified atom stereocenters. The molecule has 0 radical (unpaired) electrons. The lowest BCUT2D eigenvalue weighted by Gasteiger charge is -2.32. The fourth-order valence-electron chi connectivity index (χ4n) is 4.83. The summed E-state index contributed by atoms with van der Waals surface area (Å²) >= 11 is 0. The van der Waals surface area contributed by atoms with Gasteiger partial charge in [-0.3, -0.25) is 28.0 Å². The summed E-state index contributed by atoms with van der Waals surface area (Å²) < 4.78 is 37.6. The third-order valence-corrected chi connectivity index (χ3v) is 8.99. The number of aromatic amines is 1. The minimum Gasteiger partial charge on any atom is -0.356 e. The molecule has 3 aliphatic rings. The molecule has 2 saturated heterocycles. The van der Waals surface area contributed by atoms with Gasteiger partial charge in [0, 0.05) is 18.7 Å². The first-order chi connectivity index (χ1) is 14.3. The summed E-state index contributed by atoms with van der Waals surface area (Å²) in [4.78, 5) is 26.2. The van der Waals surface area contributed by atoms with Crippen molar-refractivity contribution in [3.8, 4) is 0 Å². The molecule has 11 heteroatoms. The Morgan fingerprint density at radius 3 is 2.58 bits per heavy atom. The average Bonchev–Trinajstić information content (AvgIpc) is 2.91. The number of hydrogen-bond donors (Lipinski definition) is 2. The van der Waals surface area contributed by atoms with Crippen molar-refractivity contribution in [2.45, 2.75) is 95.5 Å². The molecule has 1 saturated carbocycles. The normalized spacial score (nSPS) is 40.5. The van der Waals surface area contributed by atoms with E-state index in [2.05, 4.69) is 4.98 Å². The third-order valence-electron chi connectivity index (χ3n) is 6.66. The molecule has 31 heavy (non-hydrogen) atoms. The first-order valence-corrected chi connectivity index (χ1v) is 12.3. The first-order valence-electron chi connectivity index (χ1n) is 10.8. The number of nitrogens with zero attached hydrogens (tertiary/aromatic N) is 1. The van der Waals surface area contributed by atoms with E-state index >= 15 is 0 Å². The maximum Gasteiger partial charge on any atom is 0.393 e. The Kier molecular flexibility index (Phi) is 5.44. The van der Waals surface area contributed by atoms with Gasteiger partial charge in [0.1, 0.15) is 6.10 Å². The lowest BCUT2D eigenvalue weighted by Crippen LogP contribution is -2.36. The van der Waals surface area contributed by atoms with Crippen LogP contribution in [0.15, 0.2) is 21.9 Å². The van der Waals surface area contributed by atoms with Gasteiger partial charge >= 0.3 is 13.3 Å². The number of hydrogen-bond acceptors (Lipinski definition) is 8. The predicted molar refractivity (Wildman–Crippen MR) is 111 cm³/mol. The Balaban J connectivity index is 1.60. The van der Waals surface area contributed by atoms with Crippen molar-refractivity contribution < 1.29 is 28.2 Å². The second-order valence-corrected chi connectivity index (χ2v) is 11.5. The van der Waals surface area contributed by atoms with Gasteiger partial charge in [-0.05, 0) is 46.0 Å². The van der Waals surface area contributed by atoms with Crippen LogP contribution in [0.25, 0.3) is 0 Å². The molecule has 3 heterocycles. The molecule has 1 aromatic heterocycles. The van der Waals surface area contributed by atoms with Gasteiger partial charge in [0.2, 0.25) is 0 Å². The summed E-state index contributed by atoms with van der Waals surface area (Å²) in [6.45, 7) is 9.10. The molecule has 4 rings (SSSR count). The number of aromatic nitrogens is 2. The van der Waals surface area contributed by atoms with E-state index in [4.69, 9.17) is 18.5 Å². The molecule has 174 valence electrons. The summed E-state index contributed by atoms with van der Waals surface area (Å²) in [7, 11) is -3.58. The van der Waals surface area contributed by atoms with Gasteiger partial charge in [-0.15, -0.1) is 0 Å². The molecule has 0 aromatic carbocycles. The highest BCUT2D eigenvalue weighted by Gasteiger charge is 2.71. The average molecular weight is 458 g/mol. The number of nitrogens with one attached hydrogen (secondary N) is 1. The Morgan fingerprint density at radius 1 is 1.32 bits per heavy atom. The quantitative estimate of drug-likeness (QED) is 0.470. The summed E-state index contributed by atoms with van der Waals surface area (Å²) in [5, 5.41) is 10.2. The van der Waals surface area contributed by atoms with Gasteiger partial charge in [0.15, 0.2) is 5.79 Å². The monoisotopic (exact) mass is 458 g/mol. The SMILES string of the molecule is CCC(C)(CC1CC(n2ccc(=O)[nH]c2=O)C2OC(C)(C)OC12)OP1(=O)OC1(O)CC. The minimum absolute atomic E-state index is 0.0678. The first kappa shape index (κ1) is 22.9. The topological polar surface area (TPSA) is 132 Å². The number of aliphatic hydroxyl groups is 1. The minimum atomic E-state index is -3.58. The van der Waals surface area contributed by atoms with Crippen LogP contribution in [0.3, 0.4) is 0 Å². The molecule has 0 bridgehead atoms. The van der Waals surface area contributed by atoms with Crippen LogP contribution in [0, 0.1) is 5.92 Å². The van der Waals surface area contributed by atoms with Crippen molar-refractivity contribution in [3.05, 3.63) is 33.1 Å². The highest BCUT2D eigenvalue weighted by Crippen LogP contribution is 2.80. The Bertz CT molecular complexity index is 1020. The maximum atomic E-state index is 12.8. The van der Waals surface area contributed by atoms with Crippen LogP contribution in [0.5, 0.6) is 0 Å². The van der Waals surface area contributed by atoms with Crippen LogP contribution in [0.4, 0.5) is 0 Å². The third kappa shape index (κ3) is 3.98. The number of rotatable bonds is 7. The van der Waals surface area contributed by atoms with E-state index in [1.54, 1.807) is 6.92 Å². The maximum absolute atomic E-state index is 12.8. The van der Waals surface area contributed by atoms with Crippen LogP contribution >= 0.6 is 7.60 Å². The molecule has 1 aliphatic carbocycles. The largest absolute Gasteiger partial charge is 0.393 e. The molecule has 0 amide bonds. The molecule has 0 spiro atoms. The summed E-state index contributed by atoms with van der Waals surface area (Å²) in [6.07, 6.45) is 2.55. The van der Waals surface area contributed by atoms with Gasteiger partial charge in [-0.25, -0.2) is 4.79 Å².